The molecule has 1 N–H and O–H groups in total. The molecule has 1 aromatic carbocycles. The Labute approximate surface area is 133 Å². The third-order valence-electron chi connectivity index (χ3n) is 3.48. The smallest absolute Gasteiger partial charge is 0.212 e. The number of rotatable bonds is 3. The molecule has 1 atom stereocenters. The first-order valence-corrected chi connectivity index (χ1v) is 7.68. The van der Waals surface area contributed by atoms with Crippen molar-refractivity contribution in [2.75, 3.05) is 7.11 Å². The lowest BCUT2D eigenvalue weighted by Crippen LogP contribution is -1.86. The summed E-state index contributed by atoms with van der Waals surface area (Å²) in [6.07, 6.45) is 0.546. The zero-order valence-corrected chi connectivity index (χ0v) is 13.1. The Bertz CT molecular complexity index is 986. The minimum atomic E-state index is -1.12. The van der Waals surface area contributed by atoms with Crippen LogP contribution in [0.15, 0.2) is 28.8 Å². The van der Waals surface area contributed by atoms with Gasteiger partial charge in [0.05, 0.1) is 18.7 Å². The van der Waals surface area contributed by atoms with Gasteiger partial charge in [-0.15, -0.1) is 0 Å². The molecule has 0 saturated heterocycles. The first-order chi connectivity index (χ1) is 11.0. The van der Waals surface area contributed by atoms with Crippen LogP contribution in [0.2, 0.25) is 0 Å². The Balaban J connectivity index is 1.82. The molecule has 0 bridgehead atoms. The highest BCUT2D eigenvalue weighted by atomic mass is 32.1. The van der Waals surface area contributed by atoms with Crippen LogP contribution in [-0.2, 0) is 0 Å². The van der Waals surface area contributed by atoms with Gasteiger partial charge in [0.25, 0.3) is 0 Å². The third-order valence-corrected chi connectivity index (χ3v) is 4.55. The number of furan rings is 1. The van der Waals surface area contributed by atoms with Crippen LogP contribution in [0.1, 0.15) is 18.1 Å². The van der Waals surface area contributed by atoms with Crippen LogP contribution in [0.4, 0.5) is 4.39 Å². The summed E-state index contributed by atoms with van der Waals surface area (Å²) in [6, 6.07) is 4.91. The molecule has 0 radical (unpaired) electrons. The number of hydrogen-bond acceptors (Lipinski definition) is 6. The van der Waals surface area contributed by atoms with Crippen LogP contribution >= 0.6 is 11.3 Å². The van der Waals surface area contributed by atoms with E-state index in [4.69, 9.17) is 9.15 Å². The third kappa shape index (κ3) is 2.22. The van der Waals surface area contributed by atoms with E-state index in [0.29, 0.717) is 38.1 Å². The number of fused-ring (bicyclic) bond motifs is 2. The molecule has 3 aromatic heterocycles. The van der Waals surface area contributed by atoms with E-state index in [1.54, 1.807) is 18.3 Å². The number of benzene rings is 1. The monoisotopic (exact) mass is 333 g/mol. The molecule has 0 aliphatic heterocycles. The van der Waals surface area contributed by atoms with E-state index in [0.717, 1.165) is 0 Å². The maximum atomic E-state index is 13.3. The molecule has 8 heteroatoms. The second-order valence-corrected chi connectivity index (χ2v) is 6.07. The molecule has 23 heavy (non-hydrogen) atoms. The number of nitrogens with zero attached hydrogens (tertiary/aromatic N) is 3. The summed E-state index contributed by atoms with van der Waals surface area (Å²) < 4.78 is 25.7. The number of phenols is 1. The van der Waals surface area contributed by atoms with Gasteiger partial charge in [0, 0.05) is 12.1 Å². The van der Waals surface area contributed by atoms with E-state index < -0.39 is 6.17 Å². The molecule has 0 amide bonds. The molecule has 4 rings (SSSR count). The Hall–Kier alpha value is -2.61. The Morgan fingerprint density at radius 3 is 2.91 bits per heavy atom. The topological polar surface area (TPSA) is 72.8 Å². The van der Waals surface area contributed by atoms with Gasteiger partial charge in [0.1, 0.15) is 22.8 Å². The van der Waals surface area contributed by atoms with Gasteiger partial charge in [0.15, 0.2) is 16.9 Å². The molecular formula is C15H12FN3O3S. The van der Waals surface area contributed by atoms with Crippen molar-refractivity contribution in [3.8, 4) is 23.0 Å². The molecule has 0 spiro atoms. The number of aromatic nitrogens is 3. The number of imidazole rings is 1. The number of hydrogen-bond donors (Lipinski definition) is 1. The lowest BCUT2D eigenvalue weighted by Gasteiger charge is -1.99. The number of methoxy groups -OCH3 is 1. The lowest BCUT2D eigenvalue weighted by molar-refractivity contribution is 0.370. The molecule has 3 heterocycles. The van der Waals surface area contributed by atoms with Gasteiger partial charge >= 0.3 is 0 Å². The van der Waals surface area contributed by atoms with Crippen molar-refractivity contribution in [3.05, 3.63) is 29.4 Å². The van der Waals surface area contributed by atoms with E-state index in [2.05, 4.69) is 10.1 Å². The number of ether oxygens (including phenoxy) is 1. The molecule has 118 valence electrons. The van der Waals surface area contributed by atoms with Gasteiger partial charge in [-0.25, -0.2) is 13.9 Å². The highest BCUT2D eigenvalue weighted by Crippen LogP contribution is 2.36. The summed E-state index contributed by atoms with van der Waals surface area (Å²) in [6.45, 7) is 1.44. The van der Waals surface area contributed by atoms with E-state index >= 15 is 0 Å². The summed E-state index contributed by atoms with van der Waals surface area (Å²) in [5, 5.41) is 15.1. The molecule has 0 aliphatic rings. The lowest BCUT2D eigenvalue weighted by atomic mass is 10.2. The SMILES string of the molecule is COc1cc(O)c2cc(-c3cn4nc(C(C)F)sc4n3)oc2c1. The maximum absolute atomic E-state index is 13.3. The average Bonchev–Trinajstić information content (AvgIpc) is 3.18. The molecule has 4 aromatic rings. The van der Waals surface area contributed by atoms with Crippen molar-refractivity contribution >= 4 is 27.3 Å². The van der Waals surface area contributed by atoms with Gasteiger partial charge in [-0.05, 0) is 13.0 Å². The van der Waals surface area contributed by atoms with Crippen LogP contribution in [-0.4, -0.2) is 26.8 Å². The zero-order valence-electron chi connectivity index (χ0n) is 12.3. The maximum Gasteiger partial charge on any atom is 0.212 e. The van der Waals surface area contributed by atoms with Crippen LogP contribution in [0.5, 0.6) is 11.5 Å². The predicted molar refractivity (Wildman–Crippen MR) is 83.8 cm³/mol. The Kier molecular flexibility index (Phi) is 3.02. The highest BCUT2D eigenvalue weighted by molar-refractivity contribution is 7.16. The quantitative estimate of drug-likeness (QED) is 0.614. The second kappa shape index (κ2) is 4.95. The van der Waals surface area contributed by atoms with Gasteiger partial charge < -0.3 is 14.3 Å². The van der Waals surface area contributed by atoms with Crippen molar-refractivity contribution in [3.63, 3.8) is 0 Å². The van der Waals surface area contributed by atoms with Crippen molar-refractivity contribution in [1.29, 1.82) is 0 Å². The standard InChI is InChI=1S/C15H12FN3O3S/c1-7(16)14-18-19-6-10(17-15(19)23-14)13-5-9-11(20)3-8(21-2)4-12(9)22-13/h3-7,20H,1-2H3. The van der Waals surface area contributed by atoms with Gasteiger partial charge in [0.2, 0.25) is 4.96 Å². The van der Waals surface area contributed by atoms with Crippen LogP contribution in [0.3, 0.4) is 0 Å². The van der Waals surface area contributed by atoms with Crippen molar-refractivity contribution in [1.82, 2.24) is 14.6 Å². The summed E-state index contributed by atoms with van der Waals surface area (Å²) in [5.41, 5.74) is 1.07. The summed E-state index contributed by atoms with van der Waals surface area (Å²) in [5.74, 6) is 1.07. The van der Waals surface area contributed by atoms with E-state index in [-0.39, 0.29) is 5.75 Å². The van der Waals surface area contributed by atoms with Crippen LogP contribution < -0.4 is 4.74 Å². The van der Waals surface area contributed by atoms with Crippen molar-refractivity contribution in [2.24, 2.45) is 0 Å². The predicted octanol–water partition coefficient (Wildman–Crippen LogP) is 3.95. The normalized spacial score (nSPS) is 13.0. The first-order valence-electron chi connectivity index (χ1n) is 6.86. The van der Waals surface area contributed by atoms with Crippen molar-refractivity contribution < 1.29 is 18.7 Å². The zero-order chi connectivity index (χ0) is 16.1. The molecule has 6 nitrogen and oxygen atoms in total. The number of phenolic OH excluding ortho intramolecular Hbond substituents is 1. The highest BCUT2D eigenvalue weighted by Gasteiger charge is 2.17. The van der Waals surface area contributed by atoms with E-state index in [1.807, 2.05) is 0 Å². The molecule has 0 aliphatic carbocycles. The number of alkyl halides is 1. The fraction of sp³-hybridized carbons (Fsp3) is 0.200. The fourth-order valence-corrected chi connectivity index (χ4v) is 3.14. The van der Waals surface area contributed by atoms with Gasteiger partial charge in [-0.1, -0.05) is 11.3 Å². The van der Waals surface area contributed by atoms with Crippen LogP contribution in [0.25, 0.3) is 27.4 Å². The van der Waals surface area contributed by atoms with Crippen molar-refractivity contribution in [2.45, 2.75) is 13.1 Å². The van der Waals surface area contributed by atoms with Crippen LogP contribution in [0, 0.1) is 0 Å². The fourth-order valence-electron chi connectivity index (χ4n) is 2.33. The first kappa shape index (κ1) is 14.0. The van der Waals surface area contributed by atoms with Gasteiger partial charge in [-0.3, -0.25) is 0 Å². The second-order valence-electron chi connectivity index (χ2n) is 5.08. The van der Waals surface area contributed by atoms with E-state index in [1.165, 1.54) is 36.0 Å². The summed E-state index contributed by atoms with van der Waals surface area (Å²) in [4.78, 5) is 4.98. The van der Waals surface area contributed by atoms with E-state index in [9.17, 15) is 9.50 Å². The average molecular weight is 333 g/mol. The summed E-state index contributed by atoms with van der Waals surface area (Å²) in [7, 11) is 1.52. The minimum Gasteiger partial charge on any atom is -0.507 e. The number of aromatic hydroxyl groups is 1. The molecule has 0 fully saturated rings. The van der Waals surface area contributed by atoms with Gasteiger partial charge in [-0.2, -0.15) is 5.10 Å². The Morgan fingerprint density at radius 1 is 1.39 bits per heavy atom. The summed E-state index contributed by atoms with van der Waals surface area (Å²) >= 11 is 1.19. The number of halogens is 1. The largest absolute Gasteiger partial charge is 0.507 e. The minimum absolute atomic E-state index is 0.0713. The molecule has 0 saturated carbocycles. The Morgan fingerprint density at radius 2 is 2.22 bits per heavy atom. The molecule has 1 unspecified atom stereocenters. The molecular weight excluding hydrogens is 321 g/mol.